The number of ether oxygens (including phenoxy) is 1. The molecule has 0 atom stereocenters. The van der Waals surface area contributed by atoms with Crippen molar-refractivity contribution in [1.82, 2.24) is 4.57 Å². The standard InChI is InChI=1S/C24H21N3O2/c1-17-6-2-5-9-23(17)29-20-12-10-19(11-13-20)26-14-18-15-27(16-24(25)28)22-8-4-3-7-21(18)22/h2-15H,16H2,1H3,(H2,25,28). The zero-order chi connectivity index (χ0) is 20.2. The fourth-order valence-electron chi connectivity index (χ4n) is 3.22. The molecule has 0 aliphatic rings. The molecule has 1 heterocycles. The first-order valence-electron chi connectivity index (χ1n) is 9.34. The molecule has 0 radical (unpaired) electrons. The van der Waals surface area contributed by atoms with E-state index in [2.05, 4.69) is 4.99 Å². The predicted octanol–water partition coefficient (Wildman–Crippen LogP) is 4.98. The Morgan fingerprint density at radius 3 is 2.52 bits per heavy atom. The molecule has 3 aromatic carbocycles. The highest BCUT2D eigenvalue weighted by atomic mass is 16.5. The summed E-state index contributed by atoms with van der Waals surface area (Å²) in [4.78, 5) is 15.9. The molecule has 0 saturated heterocycles. The molecule has 29 heavy (non-hydrogen) atoms. The number of nitrogens with two attached hydrogens (primary N) is 1. The van der Waals surface area contributed by atoms with Gasteiger partial charge >= 0.3 is 0 Å². The quantitative estimate of drug-likeness (QED) is 0.477. The Balaban J connectivity index is 1.55. The summed E-state index contributed by atoms with van der Waals surface area (Å²) in [6.45, 7) is 2.15. The van der Waals surface area contributed by atoms with Crippen LogP contribution in [0.2, 0.25) is 0 Å². The highest BCUT2D eigenvalue weighted by Crippen LogP contribution is 2.27. The second-order valence-corrected chi connectivity index (χ2v) is 6.82. The largest absolute Gasteiger partial charge is 0.457 e. The van der Waals surface area contributed by atoms with Crippen LogP contribution in [0.5, 0.6) is 11.5 Å². The molecule has 2 N–H and O–H groups in total. The van der Waals surface area contributed by atoms with Gasteiger partial charge in [0, 0.05) is 28.9 Å². The molecule has 5 heteroatoms. The van der Waals surface area contributed by atoms with E-state index in [1.165, 1.54) is 0 Å². The number of nitrogens with zero attached hydrogens (tertiary/aromatic N) is 2. The topological polar surface area (TPSA) is 69.6 Å². The van der Waals surface area contributed by atoms with Crippen molar-refractivity contribution >= 4 is 28.7 Å². The van der Waals surface area contributed by atoms with Crippen LogP contribution in [0.4, 0.5) is 5.69 Å². The Morgan fingerprint density at radius 1 is 1.03 bits per heavy atom. The molecule has 0 bridgehead atoms. The molecule has 0 saturated carbocycles. The molecular formula is C24H21N3O2. The van der Waals surface area contributed by atoms with Gasteiger partial charge in [-0.15, -0.1) is 0 Å². The number of benzene rings is 3. The molecule has 5 nitrogen and oxygen atoms in total. The lowest BCUT2D eigenvalue weighted by Crippen LogP contribution is -2.17. The Kier molecular flexibility index (Phi) is 5.12. The van der Waals surface area contributed by atoms with Crippen LogP contribution in [0.3, 0.4) is 0 Å². The van der Waals surface area contributed by atoms with E-state index in [1.54, 1.807) is 6.21 Å². The van der Waals surface area contributed by atoms with E-state index in [0.717, 1.165) is 39.2 Å². The molecule has 4 rings (SSSR count). The molecule has 1 aromatic heterocycles. The fraction of sp³-hybridized carbons (Fsp3) is 0.0833. The minimum absolute atomic E-state index is 0.138. The summed E-state index contributed by atoms with van der Waals surface area (Å²) in [5, 5.41) is 1.03. The SMILES string of the molecule is Cc1ccccc1Oc1ccc(N=Cc2cn(CC(N)=O)c3ccccc23)cc1. The predicted molar refractivity (Wildman–Crippen MR) is 116 cm³/mol. The third-order valence-corrected chi connectivity index (χ3v) is 4.66. The summed E-state index contributed by atoms with van der Waals surface area (Å²) in [5.74, 6) is 1.22. The van der Waals surface area contributed by atoms with Crippen molar-refractivity contribution in [1.29, 1.82) is 0 Å². The van der Waals surface area contributed by atoms with Gasteiger partial charge in [-0.05, 0) is 48.9 Å². The summed E-state index contributed by atoms with van der Waals surface area (Å²) in [6, 6.07) is 23.4. The number of para-hydroxylation sites is 2. The zero-order valence-corrected chi connectivity index (χ0v) is 16.1. The lowest BCUT2D eigenvalue weighted by atomic mass is 10.2. The number of carbonyl (C=O) groups excluding carboxylic acids is 1. The van der Waals surface area contributed by atoms with Gasteiger partial charge in [-0.25, -0.2) is 0 Å². The van der Waals surface area contributed by atoms with Gasteiger partial charge in [0.15, 0.2) is 0 Å². The highest BCUT2D eigenvalue weighted by Gasteiger charge is 2.08. The maximum absolute atomic E-state index is 11.3. The maximum atomic E-state index is 11.3. The number of hydrogen-bond acceptors (Lipinski definition) is 3. The normalized spacial score (nSPS) is 11.2. The van der Waals surface area contributed by atoms with Gasteiger partial charge in [0.2, 0.25) is 5.91 Å². The summed E-state index contributed by atoms with van der Waals surface area (Å²) in [7, 11) is 0. The number of aryl methyl sites for hydroxylation is 1. The lowest BCUT2D eigenvalue weighted by molar-refractivity contribution is -0.118. The Morgan fingerprint density at radius 2 is 1.76 bits per heavy atom. The number of aromatic nitrogens is 1. The third-order valence-electron chi connectivity index (χ3n) is 4.66. The van der Waals surface area contributed by atoms with E-state index in [9.17, 15) is 4.79 Å². The first-order valence-corrected chi connectivity index (χ1v) is 9.34. The number of fused-ring (bicyclic) bond motifs is 1. The van der Waals surface area contributed by atoms with Crippen LogP contribution in [0.25, 0.3) is 10.9 Å². The first kappa shape index (κ1) is 18.5. The molecule has 0 fully saturated rings. The summed E-state index contributed by atoms with van der Waals surface area (Å²) in [6.07, 6.45) is 3.70. The van der Waals surface area contributed by atoms with Crippen LogP contribution >= 0.6 is 0 Å². The molecular weight excluding hydrogens is 362 g/mol. The zero-order valence-electron chi connectivity index (χ0n) is 16.1. The summed E-state index contributed by atoms with van der Waals surface area (Å²) < 4.78 is 7.77. The van der Waals surface area contributed by atoms with Crippen LogP contribution in [-0.2, 0) is 11.3 Å². The molecule has 0 spiro atoms. The van der Waals surface area contributed by atoms with E-state index in [4.69, 9.17) is 10.5 Å². The van der Waals surface area contributed by atoms with Crippen molar-refractivity contribution in [3.63, 3.8) is 0 Å². The maximum Gasteiger partial charge on any atom is 0.237 e. The third kappa shape index (κ3) is 4.19. The monoisotopic (exact) mass is 383 g/mol. The summed E-state index contributed by atoms with van der Waals surface area (Å²) in [5.41, 5.74) is 9.15. The van der Waals surface area contributed by atoms with Gasteiger partial charge in [-0.2, -0.15) is 0 Å². The second-order valence-electron chi connectivity index (χ2n) is 6.82. The van der Waals surface area contributed by atoms with Gasteiger partial charge in [-0.3, -0.25) is 9.79 Å². The van der Waals surface area contributed by atoms with Crippen molar-refractivity contribution in [3.8, 4) is 11.5 Å². The fourth-order valence-corrected chi connectivity index (χ4v) is 3.22. The highest BCUT2D eigenvalue weighted by molar-refractivity contribution is 6.00. The van der Waals surface area contributed by atoms with E-state index < -0.39 is 0 Å². The minimum atomic E-state index is -0.376. The van der Waals surface area contributed by atoms with E-state index in [1.807, 2.05) is 90.5 Å². The van der Waals surface area contributed by atoms with Crippen molar-refractivity contribution in [2.75, 3.05) is 0 Å². The average molecular weight is 383 g/mol. The van der Waals surface area contributed by atoms with Crippen LogP contribution in [0.1, 0.15) is 11.1 Å². The number of amides is 1. The Bertz CT molecular complexity index is 1190. The number of rotatable bonds is 6. The molecule has 1 amide bonds. The van der Waals surface area contributed by atoms with Crippen molar-refractivity contribution in [2.45, 2.75) is 13.5 Å². The summed E-state index contributed by atoms with van der Waals surface area (Å²) >= 11 is 0. The van der Waals surface area contributed by atoms with Gasteiger partial charge in [0.05, 0.1) is 5.69 Å². The van der Waals surface area contributed by atoms with Crippen LogP contribution < -0.4 is 10.5 Å². The van der Waals surface area contributed by atoms with E-state index in [-0.39, 0.29) is 12.5 Å². The first-order chi connectivity index (χ1) is 14.1. The number of hydrogen-bond donors (Lipinski definition) is 1. The van der Waals surface area contributed by atoms with Gasteiger partial charge in [0.1, 0.15) is 18.0 Å². The lowest BCUT2D eigenvalue weighted by Gasteiger charge is -2.08. The minimum Gasteiger partial charge on any atom is -0.457 e. The van der Waals surface area contributed by atoms with Crippen molar-refractivity contribution < 1.29 is 9.53 Å². The molecule has 4 aromatic rings. The Labute approximate surface area is 169 Å². The van der Waals surface area contributed by atoms with E-state index >= 15 is 0 Å². The Hall–Kier alpha value is -3.86. The smallest absolute Gasteiger partial charge is 0.237 e. The van der Waals surface area contributed by atoms with Crippen molar-refractivity contribution in [2.24, 2.45) is 10.7 Å². The molecule has 144 valence electrons. The molecule has 0 unspecified atom stereocenters. The number of primary amides is 1. The van der Waals surface area contributed by atoms with E-state index in [0.29, 0.717) is 0 Å². The molecule has 0 aliphatic carbocycles. The van der Waals surface area contributed by atoms with Gasteiger partial charge in [-0.1, -0.05) is 36.4 Å². The van der Waals surface area contributed by atoms with Crippen LogP contribution in [-0.4, -0.2) is 16.7 Å². The van der Waals surface area contributed by atoms with Gasteiger partial charge < -0.3 is 15.0 Å². The van der Waals surface area contributed by atoms with Crippen LogP contribution in [0.15, 0.2) is 84.0 Å². The molecule has 0 aliphatic heterocycles. The van der Waals surface area contributed by atoms with Crippen molar-refractivity contribution in [3.05, 3.63) is 90.1 Å². The van der Waals surface area contributed by atoms with Crippen LogP contribution in [0, 0.1) is 6.92 Å². The van der Waals surface area contributed by atoms with Gasteiger partial charge in [0.25, 0.3) is 0 Å². The second kappa shape index (κ2) is 8.02. The average Bonchev–Trinajstić information content (AvgIpc) is 3.06. The number of aliphatic imine (C=N–C) groups is 1. The number of carbonyl (C=O) groups is 1.